The number of carbonyl (C=O) groups is 1. The quantitative estimate of drug-likeness (QED) is 0.511. The SMILES string of the molecule is CCOc1ccc(C(CCC(CCC(C)C)N=S(=O)=O)C(=O)NC(=S)NC)cc1. The second-order valence-electron chi connectivity index (χ2n) is 7.15. The fraction of sp³-hybridized carbons (Fsp3) is 0.600. The molecule has 0 aromatic heterocycles. The standard InChI is InChI=1S/C20H31N3O4S2/c1-5-27-17-11-7-15(8-12-17)18(19(24)22-20(28)21-4)13-10-16(23-29(25)26)9-6-14(2)3/h7-8,11-12,14,16,18H,5-6,9-10,13H2,1-4H3,(H2,21,22,24,28). The summed E-state index contributed by atoms with van der Waals surface area (Å²) in [4.78, 5) is 12.8. The van der Waals surface area contributed by atoms with Gasteiger partial charge in [-0.2, -0.15) is 12.8 Å². The Balaban J connectivity index is 3.01. The molecule has 162 valence electrons. The van der Waals surface area contributed by atoms with Crippen LogP contribution in [0.25, 0.3) is 0 Å². The van der Waals surface area contributed by atoms with Gasteiger partial charge in [0, 0.05) is 7.05 Å². The number of nitrogens with zero attached hydrogens (tertiary/aromatic N) is 1. The van der Waals surface area contributed by atoms with Crippen molar-refractivity contribution < 1.29 is 17.9 Å². The molecule has 2 atom stereocenters. The van der Waals surface area contributed by atoms with Crippen LogP contribution in [0.3, 0.4) is 0 Å². The maximum atomic E-state index is 12.8. The topological polar surface area (TPSA) is 96.9 Å². The zero-order valence-corrected chi connectivity index (χ0v) is 19.1. The lowest BCUT2D eigenvalue weighted by molar-refractivity contribution is -0.121. The van der Waals surface area contributed by atoms with Gasteiger partial charge in [-0.25, -0.2) is 0 Å². The molecule has 0 fully saturated rings. The van der Waals surface area contributed by atoms with Crippen molar-refractivity contribution in [2.75, 3.05) is 13.7 Å². The number of rotatable bonds is 11. The molecule has 0 bridgehead atoms. The maximum absolute atomic E-state index is 12.8. The highest BCUT2D eigenvalue weighted by Gasteiger charge is 2.23. The molecule has 0 aliphatic rings. The van der Waals surface area contributed by atoms with Gasteiger partial charge in [0.15, 0.2) is 5.11 Å². The predicted octanol–water partition coefficient (Wildman–Crippen LogP) is 3.44. The van der Waals surface area contributed by atoms with Gasteiger partial charge in [0.05, 0.1) is 18.6 Å². The van der Waals surface area contributed by atoms with Crippen LogP contribution in [0.5, 0.6) is 5.75 Å². The third-order valence-electron chi connectivity index (χ3n) is 4.47. The predicted molar refractivity (Wildman–Crippen MR) is 119 cm³/mol. The minimum absolute atomic E-state index is 0.237. The normalized spacial score (nSPS) is 12.7. The second kappa shape index (κ2) is 13.3. The molecule has 1 amide bonds. The Hall–Kier alpha value is -2.00. The van der Waals surface area contributed by atoms with E-state index in [0.29, 0.717) is 31.8 Å². The van der Waals surface area contributed by atoms with Gasteiger partial charge < -0.3 is 15.4 Å². The van der Waals surface area contributed by atoms with Crippen LogP contribution in [0, 0.1) is 5.92 Å². The van der Waals surface area contributed by atoms with E-state index in [-0.39, 0.29) is 17.1 Å². The average molecular weight is 442 g/mol. The van der Waals surface area contributed by atoms with Crippen LogP contribution in [0.1, 0.15) is 57.9 Å². The Labute approximate surface area is 180 Å². The third kappa shape index (κ3) is 9.85. The lowest BCUT2D eigenvalue weighted by atomic mass is 9.90. The molecule has 0 aliphatic carbocycles. The molecule has 1 rings (SSSR count). The number of hydrogen-bond donors (Lipinski definition) is 2. The molecular formula is C20H31N3O4S2. The van der Waals surface area contributed by atoms with Crippen molar-refractivity contribution in [3.8, 4) is 5.75 Å². The van der Waals surface area contributed by atoms with Crippen molar-refractivity contribution in [2.45, 2.75) is 58.4 Å². The van der Waals surface area contributed by atoms with Crippen molar-refractivity contribution >= 4 is 33.7 Å². The van der Waals surface area contributed by atoms with Crippen LogP contribution in [-0.4, -0.2) is 39.1 Å². The summed E-state index contributed by atoms with van der Waals surface area (Å²) in [6, 6.07) is 7.00. The molecule has 1 aromatic rings. The molecule has 0 saturated carbocycles. The highest BCUT2D eigenvalue weighted by atomic mass is 32.2. The van der Waals surface area contributed by atoms with E-state index in [4.69, 9.17) is 17.0 Å². The molecule has 7 nitrogen and oxygen atoms in total. The Morgan fingerprint density at radius 2 is 1.76 bits per heavy atom. The Kier molecular flexibility index (Phi) is 11.5. The van der Waals surface area contributed by atoms with Crippen LogP contribution >= 0.6 is 12.2 Å². The van der Waals surface area contributed by atoms with E-state index in [2.05, 4.69) is 28.8 Å². The number of nitrogens with one attached hydrogen (secondary N) is 2. The van der Waals surface area contributed by atoms with Crippen molar-refractivity contribution in [2.24, 2.45) is 10.3 Å². The molecule has 0 saturated heterocycles. The smallest absolute Gasteiger partial charge is 0.311 e. The fourth-order valence-electron chi connectivity index (χ4n) is 2.93. The zero-order chi connectivity index (χ0) is 21.8. The zero-order valence-electron chi connectivity index (χ0n) is 17.5. The van der Waals surface area contributed by atoms with E-state index in [1.54, 1.807) is 7.05 Å². The number of carbonyl (C=O) groups excluding carboxylic acids is 1. The first-order chi connectivity index (χ1) is 13.8. The van der Waals surface area contributed by atoms with E-state index < -0.39 is 16.4 Å². The summed E-state index contributed by atoms with van der Waals surface area (Å²) in [5.41, 5.74) is 0.815. The van der Waals surface area contributed by atoms with Gasteiger partial charge in [-0.05, 0) is 68.4 Å². The Morgan fingerprint density at radius 1 is 1.14 bits per heavy atom. The third-order valence-corrected chi connectivity index (χ3v) is 5.25. The number of ether oxygens (including phenoxy) is 1. The first kappa shape index (κ1) is 25.0. The van der Waals surface area contributed by atoms with E-state index in [0.717, 1.165) is 17.7 Å². The van der Waals surface area contributed by atoms with Gasteiger partial charge in [-0.15, -0.1) is 0 Å². The lowest BCUT2D eigenvalue weighted by Crippen LogP contribution is -2.40. The van der Waals surface area contributed by atoms with Crippen molar-refractivity contribution in [3.63, 3.8) is 0 Å². The van der Waals surface area contributed by atoms with Crippen LogP contribution in [0.15, 0.2) is 28.6 Å². The molecule has 1 aromatic carbocycles. The van der Waals surface area contributed by atoms with Gasteiger partial charge in [0.1, 0.15) is 5.75 Å². The van der Waals surface area contributed by atoms with Crippen LogP contribution in [-0.2, 0) is 15.3 Å². The molecule has 29 heavy (non-hydrogen) atoms. The maximum Gasteiger partial charge on any atom is 0.311 e. The summed E-state index contributed by atoms with van der Waals surface area (Å²) in [6.45, 7) is 6.63. The largest absolute Gasteiger partial charge is 0.494 e. The molecule has 9 heteroatoms. The molecule has 0 radical (unpaired) electrons. The highest BCUT2D eigenvalue weighted by Crippen LogP contribution is 2.27. The van der Waals surface area contributed by atoms with Crippen molar-refractivity contribution in [1.29, 1.82) is 0 Å². The van der Waals surface area contributed by atoms with Crippen LogP contribution < -0.4 is 15.4 Å². The molecule has 0 heterocycles. The minimum Gasteiger partial charge on any atom is -0.494 e. The number of benzene rings is 1. The average Bonchev–Trinajstić information content (AvgIpc) is 2.66. The summed E-state index contributed by atoms with van der Waals surface area (Å²) in [7, 11) is -0.831. The first-order valence-corrected chi connectivity index (χ1v) is 11.3. The Bertz CT molecular complexity index is 784. The van der Waals surface area contributed by atoms with Gasteiger partial charge in [0.25, 0.3) is 0 Å². The van der Waals surface area contributed by atoms with E-state index in [1.165, 1.54) is 0 Å². The van der Waals surface area contributed by atoms with Crippen molar-refractivity contribution in [3.05, 3.63) is 29.8 Å². The van der Waals surface area contributed by atoms with E-state index in [1.807, 2.05) is 31.2 Å². The summed E-state index contributed by atoms with van der Waals surface area (Å²) in [5.74, 6) is 0.465. The van der Waals surface area contributed by atoms with Crippen LogP contribution in [0.2, 0.25) is 0 Å². The Morgan fingerprint density at radius 3 is 2.28 bits per heavy atom. The number of amides is 1. The second-order valence-corrected chi connectivity index (χ2v) is 8.20. The summed E-state index contributed by atoms with van der Waals surface area (Å²) in [6.07, 6.45) is 2.47. The van der Waals surface area contributed by atoms with Gasteiger partial charge in [-0.3, -0.25) is 4.79 Å². The molecule has 2 N–H and O–H groups in total. The van der Waals surface area contributed by atoms with Gasteiger partial charge >= 0.3 is 10.5 Å². The summed E-state index contributed by atoms with van der Waals surface area (Å²) >= 11 is 5.06. The number of hydrogen-bond acceptors (Lipinski definition) is 6. The fourth-order valence-corrected chi connectivity index (χ4v) is 3.48. The lowest BCUT2D eigenvalue weighted by Gasteiger charge is -2.20. The summed E-state index contributed by atoms with van der Waals surface area (Å²) < 4.78 is 31.5. The molecule has 0 spiro atoms. The molecule has 0 aliphatic heterocycles. The van der Waals surface area contributed by atoms with Crippen molar-refractivity contribution in [1.82, 2.24) is 10.6 Å². The molecule has 2 unspecified atom stereocenters. The van der Waals surface area contributed by atoms with E-state index in [9.17, 15) is 13.2 Å². The van der Waals surface area contributed by atoms with Crippen LogP contribution in [0.4, 0.5) is 0 Å². The number of thiocarbonyl (C=S) groups is 1. The highest BCUT2D eigenvalue weighted by molar-refractivity contribution is 7.80. The van der Waals surface area contributed by atoms with E-state index >= 15 is 0 Å². The minimum atomic E-state index is -2.47. The monoisotopic (exact) mass is 441 g/mol. The van der Waals surface area contributed by atoms with Gasteiger partial charge in [0.2, 0.25) is 5.91 Å². The first-order valence-electron chi connectivity index (χ1n) is 9.82. The van der Waals surface area contributed by atoms with Gasteiger partial charge in [-0.1, -0.05) is 26.0 Å². The molecular weight excluding hydrogens is 410 g/mol. The summed E-state index contributed by atoms with van der Waals surface area (Å²) in [5, 5.41) is 5.65.